The molecule has 56 valence electrons. The molecule has 1 aliphatic heterocycles. The molecule has 2 N–H and O–H groups in total. The average Bonchev–Trinajstić information content (AvgIpc) is 2.10. The molecular weight excluding hydrogens is 176 g/mol. The molecule has 0 bridgehead atoms. The van der Waals surface area contributed by atoms with Gasteiger partial charge in [-0.2, -0.15) is 8.42 Å². The Kier molecular flexibility index (Phi) is 1.57. The Bertz CT molecular complexity index is 391. The molecule has 0 spiro atoms. The van der Waals surface area contributed by atoms with Crippen LogP contribution < -0.4 is 0 Å². The van der Waals surface area contributed by atoms with Gasteiger partial charge in [0.05, 0.1) is 15.6 Å². The Hall–Kier alpha value is -0.760. The molecule has 0 aliphatic carbocycles. The summed E-state index contributed by atoms with van der Waals surface area (Å²) in [5.74, 6) is -0.164. The molecule has 0 amide bonds. The van der Waals surface area contributed by atoms with Gasteiger partial charge in [0, 0.05) is 0 Å². The number of hydrogen-bond donors (Lipinski definition) is 2. The summed E-state index contributed by atoms with van der Waals surface area (Å²) in [5, 5.41) is 3.18. The van der Waals surface area contributed by atoms with E-state index in [1.807, 2.05) is 0 Å². The van der Waals surface area contributed by atoms with Crippen molar-refractivity contribution in [1.82, 2.24) is 0 Å². The molecule has 1 heterocycles. The summed E-state index contributed by atoms with van der Waals surface area (Å²) in [6.07, 6.45) is 0. The van der Waals surface area contributed by atoms with E-state index in [1.165, 1.54) is 0 Å². The normalized spacial score (nSPS) is 21.4. The summed E-state index contributed by atoms with van der Waals surface area (Å²) in [5.41, 5.74) is 0. The van der Waals surface area contributed by atoms with Crippen molar-refractivity contribution in [1.29, 1.82) is 9.56 Å². The number of nitrogens with one attached hydrogen (secondary N) is 2. The van der Waals surface area contributed by atoms with Gasteiger partial charge >= 0.3 is 0 Å². The van der Waals surface area contributed by atoms with Gasteiger partial charge in [-0.1, -0.05) is 4.52 Å². The van der Waals surface area contributed by atoms with E-state index in [-0.39, 0.29) is 10.7 Å². The zero-order chi connectivity index (χ0) is 7.78. The van der Waals surface area contributed by atoms with Crippen molar-refractivity contribution in [2.45, 2.75) is 0 Å². The molecular formula is C2H4N4O2S2. The third kappa shape index (κ3) is 1.39. The number of nitrogens with zero attached hydrogens (tertiary/aromatic N) is 2. The first-order valence-electron chi connectivity index (χ1n) is 2.19. The van der Waals surface area contributed by atoms with Crippen molar-refractivity contribution in [3.05, 3.63) is 0 Å². The van der Waals surface area contributed by atoms with Gasteiger partial charge in [-0.15, -0.1) is 5.11 Å². The van der Waals surface area contributed by atoms with Crippen molar-refractivity contribution in [3.63, 3.8) is 0 Å². The highest BCUT2D eigenvalue weighted by Gasteiger charge is 2.14. The molecule has 0 saturated carbocycles. The van der Waals surface area contributed by atoms with Crippen LogP contribution in [0.2, 0.25) is 0 Å². The Balaban J connectivity index is 3.28. The molecule has 0 fully saturated rings. The minimum absolute atomic E-state index is 0.164. The molecule has 0 aromatic heterocycles. The minimum atomic E-state index is -2.61. The molecule has 0 aromatic carbocycles. The van der Waals surface area contributed by atoms with Crippen LogP contribution in [0.5, 0.6) is 0 Å². The van der Waals surface area contributed by atoms with Crippen molar-refractivity contribution >= 4 is 25.1 Å². The first kappa shape index (κ1) is 7.35. The third-order valence-corrected chi connectivity index (χ3v) is 2.66. The molecule has 1 aliphatic rings. The van der Waals surface area contributed by atoms with Crippen LogP contribution in [0.1, 0.15) is 0 Å². The van der Waals surface area contributed by atoms with Crippen LogP contribution >= 0.6 is 0 Å². The fraction of sp³-hybridized carbons (Fsp3) is 0.500. The summed E-state index contributed by atoms with van der Waals surface area (Å²) >= 11 is 0. The van der Waals surface area contributed by atoms with Crippen molar-refractivity contribution in [3.8, 4) is 0 Å². The molecule has 0 saturated heterocycles. The predicted molar refractivity (Wildman–Crippen MR) is 36.5 cm³/mol. The van der Waals surface area contributed by atoms with E-state index in [9.17, 15) is 8.42 Å². The van der Waals surface area contributed by atoms with Crippen LogP contribution in [-0.4, -0.2) is 19.2 Å². The highest BCUT2D eigenvalue weighted by Crippen LogP contribution is 2.06. The largest absolute Gasteiger partial charge is 0.250 e. The van der Waals surface area contributed by atoms with Gasteiger partial charge in [-0.05, 0) is 0 Å². The zero-order valence-electron chi connectivity index (χ0n) is 4.73. The monoisotopic (exact) mass is 180 g/mol. The van der Waals surface area contributed by atoms with E-state index in [2.05, 4.69) is 9.63 Å². The Morgan fingerprint density at radius 1 is 1.50 bits per heavy atom. The molecule has 0 atom stereocenters. The van der Waals surface area contributed by atoms with E-state index < -0.39 is 20.1 Å². The van der Waals surface area contributed by atoms with Gasteiger partial charge in [-0.25, -0.2) is 9.56 Å². The van der Waals surface area contributed by atoms with Gasteiger partial charge in [0.2, 0.25) is 10.3 Å². The second-order valence-electron chi connectivity index (χ2n) is 1.66. The summed E-state index contributed by atoms with van der Waals surface area (Å²) < 4.78 is 37.5. The first-order valence-corrected chi connectivity index (χ1v) is 5.03. The maximum Gasteiger partial charge on any atom is 0.238 e. The SMILES string of the molecule is N=S1(=N)CC(=S(=O)=O)N=N1. The summed E-state index contributed by atoms with van der Waals surface area (Å²) in [6, 6.07) is 0. The Labute approximate surface area is 59.1 Å². The second kappa shape index (κ2) is 2.13. The standard InChI is InChI=1S/C2H4N4O2S2/c3-10(4)1-2(5-6-10)9(7)8/h3-4H,1H2. The zero-order valence-corrected chi connectivity index (χ0v) is 6.37. The van der Waals surface area contributed by atoms with Crippen LogP contribution in [0.3, 0.4) is 0 Å². The maximum absolute atomic E-state index is 10.1. The van der Waals surface area contributed by atoms with E-state index >= 15 is 0 Å². The van der Waals surface area contributed by atoms with E-state index in [0.29, 0.717) is 0 Å². The lowest BCUT2D eigenvalue weighted by atomic mass is 10.8. The lowest BCUT2D eigenvalue weighted by Gasteiger charge is -1.86. The van der Waals surface area contributed by atoms with Crippen LogP contribution in [0.25, 0.3) is 0 Å². The van der Waals surface area contributed by atoms with Crippen molar-refractivity contribution in [2.24, 2.45) is 9.63 Å². The number of hydrogen-bond acceptors (Lipinski definition) is 4. The molecule has 8 heteroatoms. The molecule has 0 radical (unpaired) electrons. The van der Waals surface area contributed by atoms with Gasteiger partial charge in [0.1, 0.15) is 0 Å². The second-order valence-corrected chi connectivity index (χ2v) is 4.45. The maximum atomic E-state index is 10.1. The average molecular weight is 180 g/mol. The van der Waals surface area contributed by atoms with Crippen LogP contribution in [-0.2, 0) is 20.1 Å². The van der Waals surface area contributed by atoms with E-state index in [0.717, 1.165) is 0 Å². The van der Waals surface area contributed by atoms with Crippen LogP contribution in [0.4, 0.5) is 0 Å². The molecule has 6 nitrogen and oxygen atoms in total. The molecule has 0 aromatic rings. The van der Waals surface area contributed by atoms with E-state index in [4.69, 9.17) is 9.56 Å². The fourth-order valence-electron chi connectivity index (χ4n) is 0.433. The summed E-state index contributed by atoms with van der Waals surface area (Å²) in [6.45, 7) is 0. The smallest absolute Gasteiger partial charge is 0.238 e. The number of rotatable bonds is 0. The molecule has 0 unspecified atom stereocenters. The highest BCUT2D eigenvalue weighted by atomic mass is 32.2. The third-order valence-electron chi connectivity index (χ3n) is 0.816. The Morgan fingerprint density at radius 3 is 2.30 bits per heavy atom. The Morgan fingerprint density at radius 2 is 2.10 bits per heavy atom. The van der Waals surface area contributed by atoms with Gasteiger partial charge in [0.15, 0.2) is 4.99 Å². The molecule has 1 rings (SSSR count). The predicted octanol–water partition coefficient (Wildman–Crippen LogP) is 0.0549. The highest BCUT2D eigenvalue weighted by molar-refractivity contribution is 7.94. The van der Waals surface area contributed by atoms with Gasteiger partial charge < -0.3 is 0 Å². The fourth-order valence-corrected chi connectivity index (χ4v) is 2.20. The summed E-state index contributed by atoms with van der Waals surface area (Å²) in [7, 11) is -5.01. The first-order chi connectivity index (χ1) is 4.51. The lowest BCUT2D eigenvalue weighted by Crippen LogP contribution is -2.01. The van der Waals surface area contributed by atoms with E-state index in [1.54, 1.807) is 0 Å². The lowest BCUT2D eigenvalue weighted by molar-refractivity contribution is 0.627. The van der Waals surface area contributed by atoms with Crippen LogP contribution in [0.15, 0.2) is 9.63 Å². The van der Waals surface area contributed by atoms with Crippen molar-refractivity contribution in [2.75, 3.05) is 5.75 Å². The van der Waals surface area contributed by atoms with Gasteiger partial charge in [-0.3, -0.25) is 0 Å². The summed E-state index contributed by atoms with van der Waals surface area (Å²) in [4.78, 5) is -0.181. The van der Waals surface area contributed by atoms with Crippen molar-refractivity contribution < 1.29 is 8.42 Å². The van der Waals surface area contributed by atoms with Gasteiger partial charge in [0.25, 0.3) is 0 Å². The quantitative estimate of drug-likeness (QED) is 0.514. The topological polar surface area (TPSA) is 107 Å². The minimum Gasteiger partial charge on any atom is -0.250 e. The van der Waals surface area contributed by atoms with Crippen LogP contribution in [0, 0.1) is 9.56 Å². The molecule has 10 heavy (non-hydrogen) atoms.